The summed E-state index contributed by atoms with van der Waals surface area (Å²) in [5, 5.41) is 4.43. The number of hydrogen-bond acceptors (Lipinski definition) is 6. The third-order valence-corrected chi connectivity index (χ3v) is 7.64. The summed E-state index contributed by atoms with van der Waals surface area (Å²) in [7, 11) is 1.67. The molecule has 1 aliphatic heterocycles. The van der Waals surface area contributed by atoms with Crippen LogP contribution in [0.4, 0.5) is 5.82 Å². The minimum Gasteiger partial charge on any atom is -0.497 e. The number of aryl methyl sites for hydroxylation is 1. The molecule has 2 atom stereocenters. The van der Waals surface area contributed by atoms with Crippen molar-refractivity contribution in [3.8, 4) is 5.75 Å². The molecule has 1 saturated carbocycles. The molecule has 156 valence electrons. The van der Waals surface area contributed by atoms with E-state index in [-0.39, 0.29) is 5.91 Å². The molecule has 2 aromatic heterocycles. The number of likely N-dealkylation sites (tertiary alicyclic amines) is 1. The summed E-state index contributed by atoms with van der Waals surface area (Å²) in [5.74, 6) is 2.54. The van der Waals surface area contributed by atoms with Crippen LogP contribution in [0.15, 0.2) is 30.6 Å². The maximum atomic E-state index is 13.2. The van der Waals surface area contributed by atoms with E-state index in [0.29, 0.717) is 12.0 Å². The van der Waals surface area contributed by atoms with Crippen LogP contribution in [0.3, 0.4) is 0 Å². The van der Waals surface area contributed by atoms with Crippen molar-refractivity contribution >= 4 is 33.3 Å². The Balaban J connectivity index is 1.34. The van der Waals surface area contributed by atoms with Crippen LogP contribution in [-0.2, 0) is 6.42 Å². The Hall–Kier alpha value is -2.67. The van der Waals surface area contributed by atoms with Crippen molar-refractivity contribution < 1.29 is 9.53 Å². The maximum Gasteiger partial charge on any atom is 0.264 e. The topological polar surface area (TPSA) is 67.3 Å². The number of nitrogens with zero attached hydrogens (tertiary/aromatic N) is 3. The molecule has 1 amide bonds. The highest BCUT2D eigenvalue weighted by molar-refractivity contribution is 7.20. The number of anilines is 1. The van der Waals surface area contributed by atoms with Crippen molar-refractivity contribution in [3.05, 3.63) is 46.6 Å². The summed E-state index contributed by atoms with van der Waals surface area (Å²) in [5.41, 5.74) is 2.23. The SMILES string of the molecule is COc1ccc(CCNc2ncnc3sc(C(=O)N4C[C@H]5CC[C@@H]4C5)c(C)c23)cc1. The number of nitrogens with one attached hydrogen (secondary N) is 1. The largest absolute Gasteiger partial charge is 0.497 e. The van der Waals surface area contributed by atoms with Crippen molar-refractivity contribution in [3.63, 3.8) is 0 Å². The van der Waals surface area contributed by atoms with Crippen LogP contribution >= 0.6 is 11.3 Å². The molecule has 0 spiro atoms. The van der Waals surface area contributed by atoms with Crippen molar-refractivity contribution in [2.45, 2.75) is 38.6 Å². The first-order chi connectivity index (χ1) is 14.6. The number of ether oxygens (including phenoxy) is 1. The molecule has 3 aromatic rings. The molecule has 1 saturated heterocycles. The number of aromatic nitrogens is 2. The molecule has 0 unspecified atom stereocenters. The van der Waals surface area contributed by atoms with Gasteiger partial charge in [-0.2, -0.15) is 0 Å². The van der Waals surface area contributed by atoms with Crippen LogP contribution in [-0.4, -0.2) is 47.0 Å². The molecule has 5 rings (SSSR count). The third-order valence-electron chi connectivity index (χ3n) is 6.46. The predicted octanol–water partition coefficient (Wildman–Crippen LogP) is 4.29. The fourth-order valence-corrected chi connectivity index (χ4v) is 5.94. The number of benzene rings is 1. The van der Waals surface area contributed by atoms with Gasteiger partial charge in [-0.3, -0.25) is 4.79 Å². The Morgan fingerprint density at radius 3 is 2.80 bits per heavy atom. The highest BCUT2D eigenvalue weighted by Crippen LogP contribution is 2.40. The van der Waals surface area contributed by atoms with E-state index >= 15 is 0 Å². The average Bonchev–Trinajstić information content (AvgIpc) is 3.49. The molecular weight excluding hydrogens is 396 g/mol. The standard InChI is InChI=1S/C23H26N4O2S/c1-14-19-21(24-10-9-15-4-7-18(29-2)8-5-15)25-13-26-22(19)30-20(14)23(28)27-12-16-3-6-17(27)11-16/h4-5,7-8,13,16-17H,3,6,9-12H2,1-2H3,(H,24,25,26)/t16-,17+/m0/s1. The summed E-state index contributed by atoms with van der Waals surface area (Å²) in [6, 6.07) is 8.54. The summed E-state index contributed by atoms with van der Waals surface area (Å²) in [6.45, 7) is 3.70. The van der Waals surface area contributed by atoms with Crippen molar-refractivity contribution in [2.75, 3.05) is 25.5 Å². The Labute approximate surface area is 180 Å². The van der Waals surface area contributed by atoms with E-state index in [1.54, 1.807) is 13.4 Å². The smallest absolute Gasteiger partial charge is 0.264 e. The normalized spacial score (nSPS) is 20.1. The molecule has 1 aliphatic carbocycles. The molecule has 2 fully saturated rings. The first-order valence-corrected chi connectivity index (χ1v) is 11.4. The van der Waals surface area contributed by atoms with Crippen LogP contribution in [0.1, 0.15) is 40.1 Å². The lowest BCUT2D eigenvalue weighted by atomic mass is 10.1. The minimum absolute atomic E-state index is 0.173. The Morgan fingerprint density at radius 2 is 2.10 bits per heavy atom. The van der Waals surface area contributed by atoms with Gasteiger partial charge < -0.3 is 15.0 Å². The van der Waals surface area contributed by atoms with E-state index in [1.807, 2.05) is 19.1 Å². The first kappa shape index (κ1) is 19.3. The number of piperidine rings is 1. The van der Waals surface area contributed by atoms with Gasteiger partial charge in [-0.05, 0) is 61.8 Å². The van der Waals surface area contributed by atoms with Crippen molar-refractivity contribution in [1.29, 1.82) is 0 Å². The van der Waals surface area contributed by atoms with Gasteiger partial charge in [-0.15, -0.1) is 11.3 Å². The number of fused-ring (bicyclic) bond motifs is 3. The molecule has 6 nitrogen and oxygen atoms in total. The number of hydrogen-bond donors (Lipinski definition) is 1. The number of carbonyl (C=O) groups is 1. The molecule has 3 heterocycles. The van der Waals surface area contributed by atoms with Gasteiger partial charge in [-0.25, -0.2) is 9.97 Å². The zero-order chi connectivity index (χ0) is 20.7. The van der Waals surface area contributed by atoms with Crippen LogP contribution < -0.4 is 10.1 Å². The average molecular weight is 423 g/mol. The second kappa shape index (κ2) is 7.87. The number of amides is 1. The summed E-state index contributed by atoms with van der Waals surface area (Å²) in [4.78, 5) is 26.0. The van der Waals surface area contributed by atoms with Gasteiger partial charge in [0.1, 0.15) is 22.7 Å². The number of methoxy groups -OCH3 is 1. The lowest BCUT2D eigenvalue weighted by Gasteiger charge is -2.26. The monoisotopic (exact) mass is 422 g/mol. The number of thiophene rings is 1. The van der Waals surface area contributed by atoms with E-state index in [2.05, 4.69) is 32.3 Å². The van der Waals surface area contributed by atoms with Gasteiger partial charge in [0.05, 0.1) is 17.4 Å². The molecule has 1 aromatic carbocycles. The van der Waals surface area contributed by atoms with Gasteiger partial charge in [0.15, 0.2) is 0 Å². The van der Waals surface area contributed by atoms with Crippen molar-refractivity contribution in [1.82, 2.24) is 14.9 Å². The zero-order valence-electron chi connectivity index (χ0n) is 17.4. The highest BCUT2D eigenvalue weighted by Gasteiger charge is 2.41. The van der Waals surface area contributed by atoms with Crippen LogP contribution in [0.25, 0.3) is 10.2 Å². The maximum absolute atomic E-state index is 13.2. The Bertz CT molecular complexity index is 1080. The van der Waals surface area contributed by atoms with E-state index in [0.717, 1.165) is 58.2 Å². The van der Waals surface area contributed by atoms with Gasteiger partial charge >= 0.3 is 0 Å². The molecule has 0 radical (unpaired) electrons. The summed E-state index contributed by atoms with van der Waals surface area (Å²) in [6.07, 6.45) is 6.06. The second-order valence-electron chi connectivity index (χ2n) is 8.27. The van der Waals surface area contributed by atoms with E-state index in [1.165, 1.54) is 29.7 Å². The van der Waals surface area contributed by atoms with Gasteiger partial charge in [0, 0.05) is 19.1 Å². The lowest BCUT2D eigenvalue weighted by molar-refractivity contribution is 0.0708. The summed E-state index contributed by atoms with van der Waals surface area (Å²) < 4.78 is 5.22. The molecule has 2 aliphatic rings. The minimum atomic E-state index is 0.173. The Morgan fingerprint density at radius 1 is 1.27 bits per heavy atom. The Kier molecular flexibility index (Phi) is 5.06. The fraction of sp³-hybridized carbons (Fsp3) is 0.435. The van der Waals surface area contributed by atoms with Crippen LogP contribution in [0.5, 0.6) is 5.75 Å². The molecule has 2 bridgehead atoms. The summed E-state index contributed by atoms with van der Waals surface area (Å²) >= 11 is 1.50. The predicted molar refractivity (Wildman–Crippen MR) is 120 cm³/mol. The van der Waals surface area contributed by atoms with Gasteiger partial charge in [0.2, 0.25) is 0 Å². The van der Waals surface area contributed by atoms with Crippen LogP contribution in [0, 0.1) is 12.8 Å². The number of rotatable bonds is 6. The van der Waals surface area contributed by atoms with Gasteiger partial charge in [-0.1, -0.05) is 12.1 Å². The molecule has 1 N–H and O–H groups in total. The van der Waals surface area contributed by atoms with Crippen LogP contribution in [0.2, 0.25) is 0 Å². The third kappa shape index (κ3) is 3.41. The molecule has 7 heteroatoms. The second-order valence-corrected chi connectivity index (χ2v) is 9.27. The first-order valence-electron chi connectivity index (χ1n) is 10.6. The highest BCUT2D eigenvalue weighted by atomic mass is 32.1. The van der Waals surface area contributed by atoms with Crippen molar-refractivity contribution in [2.24, 2.45) is 5.92 Å². The van der Waals surface area contributed by atoms with Gasteiger partial charge in [0.25, 0.3) is 5.91 Å². The van der Waals surface area contributed by atoms with E-state index < -0.39 is 0 Å². The number of carbonyl (C=O) groups excluding carboxylic acids is 1. The fourth-order valence-electron chi connectivity index (χ4n) is 4.83. The molecular formula is C23H26N4O2S. The lowest BCUT2D eigenvalue weighted by Crippen LogP contribution is -2.37. The molecule has 30 heavy (non-hydrogen) atoms. The van der Waals surface area contributed by atoms with E-state index in [9.17, 15) is 4.79 Å². The van der Waals surface area contributed by atoms with E-state index in [4.69, 9.17) is 4.74 Å². The quantitative estimate of drug-likeness (QED) is 0.642. The zero-order valence-corrected chi connectivity index (χ0v) is 18.2.